The summed E-state index contributed by atoms with van der Waals surface area (Å²) in [5.41, 5.74) is 0.749. The minimum Gasteiger partial charge on any atom is -0.494 e. The number of amides is 3. The highest BCUT2D eigenvalue weighted by molar-refractivity contribution is 8.02. The zero-order valence-corrected chi connectivity index (χ0v) is 23.8. The van der Waals surface area contributed by atoms with Gasteiger partial charge < -0.3 is 24.5 Å². The molecule has 2 fully saturated rings. The van der Waals surface area contributed by atoms with Crippen molar-refractivity contribution in [2.24, 2.45) is 11.8 Å². The van der Waals surface area contributed by atoms with Crippen LogP contribution in [0, 0.1) is 11.8 Å². The van der Waals surface area contributed by atoms with E-state index in [2.05, 4.69) is 6.92 Å². The van der Waals surface area contributed by atoms with Crippen molar-refractivity contribution in [1.29, 1.82) is 0 Å². The van der Waals surface area contributed by atoms with E-state index in [1.165, 1.54) is 0 Å². The van der Waals surface area contributed by atoms with E-state index in [0.29, 0.717) is 32.7 Å². The number of likely N-dealkylation sites (tertiary alicyclic amines) is 1. The van der Waals surface area contributed by atoms with E-state index in [9.17, 15) is 19.5 Å². The van der Waals surface area contributed by atoms with Crippen molar-refractivity contribution < 1.29 is 24.2 Å². The number of aliphatic hydroxyl groups excluding tert-OH is 1. The van der Waals surface area contributed by atoms with Gasteiger partial charge in [0.05, 0.1) is 35.8 Å². The molecule has 4 aliphatic heterocycles. The van der Waals surface area contributed by atoms with Gasteiger partial charge in [-0.15, -0.1) is 11.8 Å². The number of ether oxygens (including phenoxy) is 1. The molecule has 1 aromatic rings. The number of thioether (sulfide) groups is 1. The molecule has 39 heavy (non-hydrogen) atoms. The average molecular weight is 554 g/mol. The summed E-state index contributed by atoms with van der Waals surface area (Å²) in [4.78, 5) is 48.0. The van der Waals surface area contributed by atoms with Crippen molar-refractivity contribution >= 4 is 35.2 Å². The van der Waals surface area contributed by atoms with Crippen LogP contribution in [0.15, 0.2) is 48.6 Å². The van der Waals surface area contributed by atoms with Crippen LogP contribution in [0.3, 0.4) is 0 Å². The van der Waals surface area contributed by atoms with Gasteiger partial charge in [0.25, 0.3) is 0 Å². The van der Waals surface area contributed by atoms with Crippen molar-refractivity contribution in [1.82, 2.24) is 9.80 Å². The predicted molar refractivity (Wildman–Crippen MR) is 153 cm³/mol. The summed E-state index contributed by atoms with van der Waals surface area (Å²) in [5, 5.41) is 10.0. The molecule has 1 spiro atoms. The normalized spacial score (nSPS) is 30.7. The maximum Gasteiger partial charge on any atom is 0.247 e. The van der Waals surface area contributed by atoms with Crippen LogP contribution in [0.4, 0.5) is 5.69 Å². The van der Waals surface area contributed by atoms with Crippen molar-refractivity contribution in [2.75, 3.05) is 37.7 Å². The van der Waals surface area contributed by atoms with E-state index >= 15 is 0 Å². The van der Waals surface area contributed by atoms with E-state index < -0.39 is 28.7 Å². The molecule has 0 bridgehead atoms. The van der Waals surface area contributed by atoms with Gasteiger partial charge >= 0.3 is 0 Å². The van der Waals surface area contributed by atoms with Gasteiger partial charge in [0.15, 0.2) is 0 Å². The zero-order chi connectivity index (χ0) is 27.7. The van der Waals surface area contributed by atoms with Gasteiger partial charge in [-0.05, 0) is 44.0 Å². The SMILES string of the molecule is CCCCN1CC=C[C@]23S[C@H]4C=CCN(c5ccc(OCC)cc5)C(=O)[C@H]4[C@H]2C(=O)N([C@@H](CC)CO)C3C1=O. The summed E-state index contributed by atoms with van der Waals surface area (Å²) in [5.74, 6) is -0.962. The third kappa shape index (κ3) is 4.57. The van der Waals surface area contributed by atoms with Crippen LogP contribution in [-0.4, -0.2) is 87.6 Å². The van der Waals surface area contributed by atoms with Crippen LogP contribution in [0.5, 0.6) is 5.75 Å². The first-order valence-electron chi connectivity index (χ1n) is 14.2. The predicted octanol–water partition coefficient (Wildman–Crippen LogP) is 3.25. The van der Waals surface area contributed by atoms with Gasteiger partial charge in [-0.3, -0.25) is 14.4 Å². The standard InChI is InChI=1S/C30H39N3O5S/c1-4-7-16-31-17-9-15-30-25(28(36)33(20(5-2)19-34)26(30)29(31)37)24-23(39-30)10-8-18-32(27(24)35)21-11-13-22(14-12-21)38-6-3/h8-15,20,23-26,34H,4-7,16-19H2,1-3H3/t20-,23-,24+,25-,26?,30-/m0/s1. The molecule has 4 heterocycles. The Labute approximate surface area is 235 Å². The van der Waals surface area contributed by atoms with Crippen LogP contribution in [0.1, 0.15) is 40.0 Å². The van der Waals surface area contributed by atoms with Gasteiger partial charge in [-0.25, -0.2) is 0 Å². The number of hydrogen-bond acceptors (Lipinski definition) is 6. The van der Waals surface area contributed by atoms with Crippen molar-refractivity contribution in [2.45, 2.75) is 62.1 Å². The molecular formula is C30H39N3O5S. The molecule has 1 N–H and O–H groups in total. The molecule has 0 aliphatic carbocycles. The smallest absolute Gasteiger partial charge is 0.247 e. The molecule has 8 nitrogen and oxygen atoms in total. The Bertz CT molecular complexity index is 1150. The molecule has 1 unspecified atom stereocenters. The molecular weight excluding hydrogens is 514 g/mol. The average Bonchev–Trinajstić information content (AvgIpc) is 3.26. The minimum atomic E-state index is -0.866. The lowest BCUT2D eigenvalue weighted by atomic mass is 9.78. The quantitative estimate of drug-likeness (QED) is 0.472. The van der Waals surface area contributed by atoms with Crippen LogP contribution >= 0.6 is 11.8 Å². The van der Waals surface area contributed by atoms with Gasteiger partial charge in [0, 0.05) is 30.6 Å². The Morgan fingerprint density at radius 3 is 2.49 bits per heavy atom. The van der Waals surface area contributed by atoms with Crippen LogP contribution in [0.25, 0.3) is 0 Å². The molecule has 0 radical (unpaired) electrons. The fraction of sp³-hybridized carbons (Fsp3) is 0.567. The highest BCUT2D eigenvalue weighted by Gasteiger charge is 2.71. The number of nitrogens with zero attached hydrogens (tertiary/aromatic N) is 3. The van der Waals surface area contributed by atoms with E-state index in [0.717, 1.165) is 24.3 Å². The number of hydrogen-bond donors (Lipinski definition) is 1. The topological polar surface area (TPSA) is 90.4 Å². The molecule has 210 valence electrons. The lowest BCUT2D eigenvalue weighted by Gasteiger charge is -2.38. The highest BCUT2D eigenvalue weighted by Crippen LogP contribution is 2.61. The summed E-state index contributed by atoms with van der Waals surface area (Å²) >= 11 is 1.58. The van der Waals surface area contributed by atoms with Gasteiger partial charge in [-0.2, -0.15) is 0 Å². The molecule has 0 aromatic heterocycles. The summed E-state index contributed by atoms with van der Waals surface area (Å²) in [6.07, 6.45) is 10.5. The number of rotatable bonds is 9. The maximum absolute atomic E-state index is 14.3. The molecule has 1 aromatic carbocycles. The number of carbonyl (C=O) groups is 3. The second-order valence-electron chi connectivity index (χ2n) is 10.7. The molecule has 0 saturated carbocycles. The second-order valence-corrected chi connectivity index (χ2v) is 12.2. The molecule has 2 saturated heterocycles. The van der Waals surface area contributed by atoms with E-state index in [4.69, 9.17) is 4.74 Å². The highest BCUT2D eigenvalue weighted by atomic mass is 32.2. The van der Waals surface area contributed by atoms with Gasteiger partial charge in [0.1, 0.15) is 11.8 Å². The third-order valence-electron chi connectivity index (χ3n) is 8.50. The van der Waals surface area contributed by atoms with Crippen LogP contribution in [-0.2, 0) is 14.4 Å². The second kappa shape index (κ2) is 11.4. The summed E-state index contributed by atoms with van der Waals surface area (Å²) < 4.78 is 4.71. The van der Waals surface area contributed by atoms with E-state index in [-0.39, 0.29) is 29.6 Å². The summed E-state index contributed by atoms with van der Waals surface area (Å²) in [6.45, 7) is 7.79. The van der Waals surface area contributed by atoms with Crippen molar-refractivity contribution in [3.8, 4) is 5.75 Å². The number of anilines is 1. The summed E-state index contributed by atoms with van der Waals surface area (Å²) in [6, 6.07) is 6.23. The minimum absolute atomic E-state index is 0.0834. The van der Waals surface area contributed by atoms with E-state index in [1.807, 2.05) is 67.3 Å². The zero-order valence-electron chi connectivity index (χ0n) is 23.0. The van der Waals surface area contributed by atoms with Gasteiger partial charge in [0.2, 0.25) is 17.7 Å². The fourth-order valence-corrected chi connectivity index (χ4v) is 8.59. The number of carbonyl (C=O) groups excluding carboxylic acids is 3. The Balaban J connectivity index is 1.55. The number of fused-ring (bicyclic) bond motifs is 2. The molecule has 5 rings (SSSR count). The van der Waals surface area contributed by atoms with Crippen molar-refractivity contribution in [3.05, 3.63) is 48.6 Å². The molecule has 4 aliphatic rings. The number of unbranched alkanes of at least 4 members (excludes halogenated alkanes) is 1. The third-order valence-corrected chi connectivity index (χ3v) is 10.2. The first-order valence-corrected chi connectivity index (χ1v) is 15.1. The molecule has 3 amide bonds. The lowest BCUT2D eigenvalue weighted by Crippen LogP contribution is -2.56. The first kappa shape index (κ1) is 27.8. The Morgan fingerprint density at radius 2 is 1.82 bits per heavy atom. The van der Waals surface area contributed by atoms with E-state index in [1.54, 1.807) is 21.6 Å². The monoisotopic (exact) mass is 553 g/mol. The number of benzene rings is 1. The van der Waals surface area contributed by atoms with Crippen molar-refractivity contribution in [3.63, 3.8) is 0 Å². The van der Waals surface area contributed by atoms with Crippen LogP contribution in [0.2, 0.25) is 0 Å². The Kier molecular flexibility index (Phi) is 8.10. The first-order chi connectivity index (χ1) is 18.9. The Morgan fingerprint density at radius 1 is 1.05 bits per heavy atom. The van der Waals surface area contributed by atoms with Gasteiger partial charge in [-0.1, -0.05) is 44.6 Å². The maximum atomic E-state index is 14.3. The number of aliphatic hydroxyl groups is 1. The van der Waals surface area contributed by atoms with Crippen LogP contribution < -0.4 is 9.64 Å². The summed E-state index contributed by atoms with van der Waals surface area (Å²) in [7, 11) is 0. The molecule has 9 heteroatoms. The largest absolute Gasteiger partial charge is 0.494 e. The lowest BCUT2D eigenvalue weighted by molar-refractivity contribution is -0.145. The fourth-order valence-electron chi connectivity index (χ4n) is 6.60. The Hall–Kier alpha value is -2.78. The molecule has 6 atom stereocenters.